The maximum Gasteiger partial charge on any atom is 2.00 e. The smallest absolute Gasteiger partial charge is 0.759 e. The fraction of sp³-hybridized carbons (Fsp3) is 0. The van der Waals surface area contributed by atoms with Crippen molar-refractivity contribution in [2.24, 2.45) is 0 Å². The van der Waals surface area contributed by atoms with Crippen LogP contribution in [0.1, 0.15) is 0 Å². The van der Waals surface area contributed by atoms with Crippen LogP contribution in [0.4, 0.5) is 0 Å². The van der Waals surface area contributed by atoms with Crippen LogP contribution in [0.15, 0.2) is 0 Å². The molecule has 0 radical (unpaired) electrons. The number of rotatable bonds is 0. The molecule has 12 nitrogen and oxygen atoms in total. The Hall–Kier alpha value is 2.64. The quantitative estimate of drug-likeness (QED) is 0.219. The third kappa shape index (κ3) is 834. The monoisotopic (exact) mass is 416 g/mol. The molecule has 0 aliphatic rings. The van der Waals surface area contributed by atoms with Gasteiger partial charge in [0.05, 0.1) is 0 Å². The van der Waals surface area contributed by atoms with Crippen LogP contribution in [-0.4, -0.2) is 75.6 Å². The molecule has 0 saturated carbocycles. The predicted molar refractivity (Wildman–Crippen MR) is 39.0 cm³/mol. The minimum absolute atomic E-state index is 0. The zero-order valence-electron chi connectivity index (χ0n) is 8.58. The van der Waals surface area contributed by atoms with Crippen molar-refractivity contribution in [1.29, 1.82) is 0 Å². The Morgan fingerprint density at radius 1 is 0.667 bits per heavy atom. The molecule has 0 spiro atoms. The van der Waals surface area contributed by atoms with Crippen LogP contribution in [0.3, 0.4) is 0 Å². The zero-order chi connectivity index (χ0) is 13.5. The molecule has 0 fully saturated rings. The first kappa shape index (κ1) is 37.1. The first-order valence-electron chi connectivity index (χ1n) is 2.02. The van der Waals surface area contributed by atoms with Crippen LogP contribution < -0.4 is 51.4 Å². The molecule has 0 rings (SSSR count). The van der Waals surface area contributed by atoms with Gasteiger partial charge in [0.1, 0.15) is 0 Å². The summed E-state index contributed by atoms with van der Waals surface area (Å²) < 4.78 is 101. The molecule has 18 heteroatoms. The van der Waals surface area contributed by atoms with Gasteiger partial charge in [0.2, 0.25) is 10.4 Å². The van der Waals surface area contributed by atoms with Crippen molar-refractivity contribution in [3.8, 4) is 0 Å². The van der Waals surface area contributed by atoms with Gasteiger partial charge in [-0.2, -0.15) is 0 Å². The van der Waals surface area contributed by atoms with Crippen LogP contribution in [0, 0.1) is 0 Å². The zero-order valence-corrected chi connectivity index (χ0v) is 18.5. The fourth-order valence-electron chi connectivity index (χ4n) is 0. The number of hydrogen-bond donors (Lipinski definition) is 1. The van der Waals surface area contributed by atoms with E-state index < -0.39 is 31.2 Å². The van der Waals surface area contributed by atoms with Crippen LogP contribution in [0.2, 0.25) is 0 Å². The summed E-state index contributed by atoms with van der Waals surface area (Å²) in [6.45, 7) is 0. The third-order valence-electron chi connectivity index (χ3n) is 0. The molecule has 0 aromatic carbocycles. The van der Waals surface area contributed by atoms with Gasteiger partial charge in [-0.05, 0) is 0 Å². The SMILES string of the molecule is O=S(=O)([O-])O.O=S(=O)([O-])[O-].O=S(=O)([O-])[O-].[K+].[Mg+2].[Zn+2]. The summed E-state index contributed by atoms with van der Waals surface area (Å²) >= 11 is 0. The van der Waals surface area contributed by atoms with Gasteiger partial charge in [0.25, 0.3) is 0 Å². The minimum atomic E-state index is -5.17. The first-order chi connectivity index (χ1) is 6.00. The largest absolute Gasteiger partial charge is 2.00 e. The Bertz CT molecular complexity index is 348. The van der Waals surface area contributed by atoms with E-state index in [1.165, 1.54) is 0 Å². The molecule has 0 aromatic heterocycles. The number of hydrogen-bond acceptors (Lipinski definition) is 11. The molecule has 0 atom stereocenters. The summed E-state index contributed by atoms with van der Waals surface area (Å²) in [6, 6.07) is 0. The fourth-order valence-corrected chi connectivity index (χ4v) is 0. The van der Waals surface area contributed by atoms with Crippen molar-refractivity contribution in [3.05, 3.63) is 0 Å². The van der Waals surface area contributed by atoms with Crippen molar-refractivity contribution >= 4 is 54.2 Å². The van der Waals surface area contributed by atoms with Crippen molar-refractivity contribution in [3.63, 3.8) is 0 Å². The molecule has 0 aliphatic heterocycles. The molecule has 0 amide bonds. The molecule has 0 saturated heterocycles. The van der Waals surface area contributed by atoms with E-state index in [9.17, 15) is 0 Å². The van der Waals surface area contributed by atoms with Gasteiger partial charge in [-0.3, -0.25) is 21.4 Å². The molecule has 1 N–H and O–H groups in total. The normalized spacial score (nSPS) is 9.67. The predicted octanol–water partition coefficient (Wildman–Crippen LogP) is -7.05. The molecule has 0 heterocycles. The molecule has 96 valence electrons. The van der Waals surface area contributed by atoms with E-state index in [0.717, 1.165) is 0 Å². The van der Waals surface area contributed by atoms with Crippen LogP contribution >= 0.6 is 0 Å². The van der Waals surface area contributed by atoms with Gasteiger partial charge in [-0.15, -0.1) is 0 Å². The van der Waals surface area contributed by atoms with E-state index >= 15 is 0 Å². The van der Waals surface area contributed by atoms with E-state index in [1.54, 1.807) is 0 Å². The second-order valence-corrected chi connectivity index (χ2v) is 3.73. The maximum atomic E-state index is 8.63. The Labute approximate surface area is 174 Å². The second-order valence-electron chi connectivity index (χ2n) is 1.24. The second kappa shape index (κ2) is 16.0. The molecule has 18 heavy (non-hydrogen) atoms. The van der Waals surface area contributed by atoms with Crippen LogP contribution in [0.25, 0.3) is 0 Å². The van der Waals surface area contributed by atoms with Gasteiger partial charge >= 0.3 is 93.9 Å². The summed E-state index contributed by atoms with van der Waals surface area (Å²) in [5.74, 6) is 0. The van der Waals surface area contributed by atoms with E-state index in [1.807, 2.05) is 0 Å². The molecule has 0 aromatic rings. The van der Waals surface area contributed by atoms with Crippen molar-refractivity contribution in [2.45, 2.75) is 0 Å². The van der Waals surface area contributed by atoms with Crippen molar-refractivity contribution in [1.82, 2.24) is 0 Å². The van der Waals surface area contributed by atoms with E-state index in [0.29, 0.717) is 0 Å². The van der Waals surface area contributed by atoms with Crippen LogP contribution in [0.5, 0.6) is 0 Å². The molecule has 0 bridgehead atoms. The Morgan fingerprint density at radius 2 is 0.667 bits per heavy atom. The average Bonchev–Trinajstić information content (AvgIpc) is 1.41. The Balaban J connectivity index is -0.0000000277. The van der Waals surface area contributed by atoms with E-state index in [2.05, 4.69) is 0 Å². The maximum absolute atomic E-state index is 8.63. The topological polar surface area (TPSA) is 238 Å². The van der Waals surface area contributed by atoms with Gasteiger partial charge < -0.3 is 22.8 Å². The standard InChI is InChI=1S/K.Mg.3H2O4S.Zn/c;;3*1-5(2,3)4;/h;;3*(H2,1,2,3,4);/q+1;+2;;;;+2/p-5. The summed E-state index contributed by atoms with van der Waals surface area (Å²) in [4.78, 5) is 0. The third-order valence-corrected chi connectivity index (χ3v) is 0. The molecular formula is HKMgO12S3Zn. The summed E-state index contributed by atoms with van der Waals surface area (Å²) in [5, 5.41) is 0. The van der Waals surface area contributed by atoms with Gasteiger partial charge in [-0.25, -0.2) is 8.42 Å². The summed E-state index contributed by atoms with van der Waals surface area (Å²) in [5.41, 5.74) is 0. The van der Waals surface area contributed by atoms with Gasteiger partial charge in [0.15, 0.2) is 0 Å². The van der Waals surface area contributed by atoms with E-state index in [-0.39, 0.29) is 93.9 Å². The average molecular weight is 418 g/mol. The van der Waals surface area contributed by atoms with Crippen molar-refractivity contribution < 1.29 is 123 Å². The minimum Gasteiger partial charge on any atom is -0.759 e. The molecule has 0 aliphatic carbocycles. The van der Waals surface area contributed by atoms with Crippen LogP contribution in [-0.2, 0) is 50.7 Å². The summed E-state index contributed by atoms with van der Waals surface area (Å²) in [7, 11) is -15.2. The molecule has 0 unspecified atom stereocenters. The first-order valence-corrected chi connectivity index (χ1v) is 6.05. The Kier molecular flexibility index (Phi) is 33.0. The molecular weight excluding hydrogens is 417 g/mol. The van der Waals surface area contributed by atoms with Gasteiger partial charge in [-0.1, -0.05) is 0 Å². The van der Waals surface area contributed by atoms with Gasteiger partial charge in [0, 0.05) is 20.8 Å². The summed E-state index contributed by atoms with van der Waals surface area (Å²) in [6.07, 6.45) is 0. The Morgan fingerprint density at radius 3 is 0.667 bits per heavy atom. The van der Waals surface area contributed by atoms with Crippen molar-refractivity contribution in [2.75, 3.05) is 0 Å². The van der Waals surface area contributed by atoms with E-state index in [4.69, 9.17) is 52.6 Å².